The van der Waals surface area contributed by atoms with Crippen LogP contribution in [0.25, 0.3) is 0 Å². The van der Waals surface area contributed by atoms with Crippen LogP contribution in [0.4, 0.5) is 0 Å². The Morgan fingerprint density at radius 1 is 1.69 bits per heavy atom. The minimum absolute atomic E-state index is 0.205. The zero-order valence-corrected chi connectivity index (χ0v) is 9.79. The van der Waals surface area contributed by atoms with Crippen LogP contribution < -0.4 is 11.1 Å². The van der Waals surface area contributed by atoms with Crippen molar-refractivity contribution in [1.82, 2.24) is 10.3 Å². The van der Waals surface area contributed by atoms with Crippen molar-refractivity contribution in [3.63, 3.8) is 0 Å². The van der Waals surface area contributed by atoms with E-state index in [1.807, 2.05) is 5.38 Å². The van der Waals surface area contributed by atoms with Gasteiger partial charge in [-0.25, -0.2) is 4.98 Å². The van der Waals surface area contributed by atoms with Crippen molar-refractivity contribution in [3.8, 4) is 0 Å². The lowest BCUT2D eigenvalue weighted by Gasteiger charge is -2.06. The van der Waals surface area contributed by atoms with Crippen molar-refractivity contribution >= 4 is 23.2 Å². The molecule has 0 unspecified atom stereocenters. The molecule has 0 aliphatic heterocycles. The quantitative estimate of drug-likeness (QED) is 0.758. The first kappa shape index (κ1) is 12.6. The number of aromatic nitrogens is 1. The first-order chi connectivity index (χ1) is 7.59. The van der Waals surface area contributed by atoms with Crippen LogP contribution in [0.5, 0.6) is 0 Å². The van der Waals surface area contributed by atoms with E-state index < -0.39 is 5.91 Å². The average molecular weight is 240 g/mol. The molecule has 1 aromatic rings. The number of hydrogen-bond donors (Lipinski definition) is 2. The Kier molecular flexibility index (Phi) is 4.91. The van der Waals surface area contributed by atoms with Crippen LogP contribution in [0.1, 0.15) is 18.4 Å². The highest BCUT2D eigenvalue weighted by Crippen LogP contribution is 2.05. The molecule has 1 radical (unpaired) electrons. The molecule has 1 heterocycles. The Bertz CT molecular complexity index is 351. The summed E-state index contributed by atoms with van der Waals surface area (Å²) in [5, 5.41) is 5.38. The van der Waals surface area contributed by atoms with E-state index in [1.165, 1.54) is 17.8 Å². The molecule has 0 spiro atoms. The van der Waals surface area contributed by atoms with Gasteiger partial charge in [-0.1, -0.05) is 6.92 Å². The van der Waals surface area contributed by atoms with E-state index in [0.29, 0.717) is 13.0 Å². The van der Waals surface area contributed by atoms with Crippen molar-refractivity contribution in [2.24, 2.45) is 11.7 Å². The van der Waals surface area contributed by atoms with Gasteiger partial charge >= 0.3 is 0 Å². The summed E-state index contributed by atoms with van der Waals surface area (Å²) in [5.74, 6) is -0.919. The molecule has 0 aliphatic carbocycles. The second-order valence-electron chi connectivity index (χ2n) is 3.39. The molecule has 87 valence electrons. The number of nitrogens with zero attached hydrogens (tertiary/aromatic N) is 1. The number of rotatable bonds is 6. The predicted molar refractivity (Wildman–Crippen MR) is 61.2 cm³/mol. The molecule has 3 N–H and O–H groups in total. The van der Waals surface area contributed by atoms with Gasteiger partial charge in [0.25, 0.3) is 0 Å². The van der Waals surface area contributed by atoms with Crippen LogP contribution in [0.3, 0.4) is 0 Å². The van der Waals surface area contributed by atoms with Gasteiger partial charge in [0.15, 0.2) is 0 Å². The van der Waals surface area contributed by atoms with Crippen molar-refractivity contribution in [3.05, 3.63) is 23.0 Å². The van der Waals surface area contributed by atoms with Gasteiger partial charge in [-0.2, -0.15) is 0 Å². The van der Waals surface area contributed by atoms with Gasteiger partial charge in [0.1, 0.15) is 5.01 Å². The molecule has 1 aromatic heterocycles. The highest BCUT2D eigenvalue weighted by molar-refractivity contribution is 7.09. The van der Waals surface area contributed by atoms with Crippen molar-refractivity contribution < 1.29 is 9.59 Å². The van der Waals surface area contributed by atoms with Gasteiger partial charge in [-0.05, 0) is 6.42 Å². The van der Waals surface area contributed by atoms with Gasteiger partial charge < -0.3 is 11.1 Å². The monoisotopic (exact) mass is 240 g/mol. The maximum Gasteiger partial charge on any atom is 0.224 e. The van der Waals surface area contributed by atoms with E-state index >= 15 is 0 Å². The molecular weight excluding hydrogens is 226 g/mol. The third-order valence-corrected chi connectivity index (χ3v) is 2.82. The summed E-state index contributed by atoms with van der Waals surface area (Å²) in [6.07, 6.45) is 3.48. The topological polar surface area (TPSA) is 85.1 Å². The van der Waals surface area contributed by atoms with Crippen molar-refractivity contribution in [1.29, 1.82) is 0 Å². The number of thiazole rings is 1. The van der Waals surface area contributed by atoms with E-state index in [-0.39, 0.29) is 11.8 Å². The standard InChI is InChI=1S/C10H14N3O2S/c1-7(10(11)15)2-3-8(14)13-6-9-12-4-5-16-9/h3-5,7H,2,6H2,1H3,(H2,11,15)(H,13,14)/t7-/m0/s1. The van der Waals surface area contributed by atoms with E-state index in [4.69, 9.17) is 5.73 Å². The molecule has 0 saturated heterocycles. The molecule has 16 heavy (non-hydrogen) atoms. The fourth-order valence-corrected chi connectivity index (χ4v) is 1.53. The zero-order valence-electron chi connectivity index (χ0n) is 8.97. The molecule has 0 saturated carbocycles. The van der Waals surface area contributed by atoms with E-state index in [1.54, 1.807) is 13.1 Å². The SMILES string of the molecule is C[C@@H](C[CH]C(=O)NCc1nccs1)C(N)=O. The van der Waals surface area contributed by atoms with Gasteiger partial charge in [0, 0.05) is 17.5 Å². The lowest BCUT2D eigenvalue weighted by atomic mass is 10.1. The maximum absolute atomic E-state index is 11.3. The number of primary amides is 1. The largest absolute Gasteiger partial charge is 0.369 e. The number of nitrogens with one attached hydrogen (secondary N) is 1. The molecule has 0 aliphatic rings. The van der Waals surface area contributed by atoms with E-state index in [9.17, 15) is 9.59 Å². The first-order valence-electron chi connectivity index (χ1n) is 4.88. The minimum atomic E-state index is -0.399. The number of hydrogen-bond acceptors (Lipinski definition) is 4. The normalized spacial score (nSPS) is 12.1. The Labute approximate surface area is 98.1 Å². The Morgan fingerprint density at radius 3 is 3.00 bits per heavy atom. The third kappa shape index (κ3) is 4.39. The second kappa shape index (κ2) is 6.22. The molecule has 2 amide bonds. The van der Waals surface area contributed by atoms with Gasteiger partial charge in [0.2, 0.25) is 11.8 Å². The second-order valence-corrected chi connectivity index (χ2v) is 4.37. The number of carbonyl (C=O) groups is 2. The molecule has 0 aromatic carbocycles. The fraction of sp³-hybridized carbons (Fsp3) is 0.400. The highest BCUT2D eigenvalue weighted by Gasteiger charge is 2.11. The van der Waals surface area contributed by atoms with Crippen LogP contribution in [0, 0.1) is 12.3 Å². The van der Waals surface area contributed by atoms with Crippen molar-refractivity contribution in [2.75, 3.05) is 0 Å². The van der Waals surface area contributed by atoms with Crippen molar-refractivity contribution in [2.45, 2.75) is 19.9 Å². The van der Waals surface area contributed by atoms with Gasteiger partial charge in [-0.15, -0.1) is 11.3 Å². The van der Waals surface area contributed by atoms with E-state index in [0.717, 1.165) is 5.01 Å². The van der Waals surface area contributed by atoms with Crippen LogP contribution in [-0.2, 0) is 16.1 Å². The van der Waals surface area contributed by atoms with Crippen LogP contribution >= 0.6 is 11.3 Å². The summed E-state index contributed by atoms with van der Waals surface area (Å²) in [4.78, 5) is 26.1. The number of carbonyl (C=O) groups excluding carboxylic acids is 2. The summed E-state index contributed by atoms with van der Waals surface area (Å²) in [6, 6.07) is 0. The summed E-state index contributed by atoms with van der Waals surface area (Å²) in [6.45, 7) is 2.10. The molecule has 5 nitrogen and oxygen atoms in total. The predicted octanol–water partition coefficient (Wildman–Crippen LogP) is 0.475. The summed E-state index contributed by atoms with van der Waals surface area (Å²) in [7, 11) is 0. The fourth-order valence-electron chi connectivity index (χ4n) is 0.975. The minimum Gasteiger partial charge on any atom is -0.369 e. The third-order valence-electron chi connectivity index (χ3n) is 2.04. The summed E-state index contributed by atoms with van der Waals surface area (Å²) >= 11 is 1.48. The van der Waals surface area contributed by atoms with E-state index in [2.05, 4.69) is 10.3 Å². The Hall–Kier alpha value is -1.43. The number of amides is 2. The van der Waals surface area contributed by atoms with Crippen LogP contribution in [-0.4, -0.2) is 16.8 Å². The number of nitrogens with two attached hydrogens (primary N) is 1. The van der Waals surface area contributed by atoms with Crippen LogP contribution in [0.15, 0.2) is 11.6 Å². The molecule has 1 atom stereocenters. The first-order valence-corrected chi connectivity index (χ1v) is 5.76. The Morgan fingerprint density at radius 2 is 2.44 bits per heavy atom. The summed E-state index contributed by atoms with van der Waals surface area (Å²) < 4.78 is 0. The molecular formula is C10H14N3O2S. The van der Waals surface area contributed by atoms with Gasteiger partial charge in [-0.3, -0.25) is 9.59 Å². The smallest absolute Gasteiger partial charge is 0.224 e. The summed E-state index contributed by atoms with van der Waals surface area (Å²) in [5.41, 5.74) is 5.07. The zero-order chi connectivity index (χ0) is 12.0. The molecule has 0 fully saturated rings. The van der Waals surface area contributed by atoms with Gasteiger partial charge in [0.05, 0.1) is 13.0 Å². The molecule has 1 rings (SSSR count). The lowest BCUT2D eigenvalue weighted by molar-refractivity contribution is -0.121. The molecule has 0 bridgehead atoms. The maximum atomic E-state index is 11.3. The van der Waals surface area contributed by atoms with Crippen LogP contribution in [0.2, 0.25) is 0 Å². The molecule has 6 heteroatoms. The highest BCUT2D eigenvalue weighted by atomic mass is 32.1. The lowest BCUT2D eigenvalue weighted by Crippen LogP contribution is -2.26. The Balaban J connectivity index is 2.19. The average Bonchev–Trinajstić information content (AvgIpc) is 2.75.